The number of alkyl halides is 3. The highest BCUT2D eigenvalue weighted by atomic mass is 19.4. The average molecular weight is 275 g/mol. The van der Waals surface area contributed by atoms with Crippen LogP contribution in [0.15, 0.2) is 24.3 Å². The SMILES string of the molecule is CC(C)C(CO)NC(=O)c1ccc(C(F)(F)F)cc1. The van der Waals surface area contributed by atoms with E-state index < -0.39 is 23.7 Å². The molecule has 0 saturated heterocycles. The first-order valence-corrected chi connectivity index (χ1v) is 5.84. The van der Waals surface area contributed by atoms with Gasteiger partial charge >= 0.3 is 6.18 Å². The zero-order valence-corrected chi connectivity index (χ0v) is 10.7. The highest BCUT2D eigenvalue weighted by molar-refractivity contribution is 5.94. The van der Waals surface area contributed by atoms with Crippen molar-refractivity contribution in [2.24, 2.45) is 5.92 Å². The number of nitrogens with one attached hydrogen (secondary N) is 1. The van der Waals surface area contributed by atoms with Gasteiger partial charge < -0.3 is 10.4 Å². The molecule has 0 aliphatic rings. The largest absolute Gasteiger partial charge is 0.416 e. The zero-order valence-electron chi connectivity index (χ0n) is 10.7. The van der Waals surface area contributed by atoms with E-state index in [9.17, 15) is 18.0 Å². The first kappa shape index (κ1) is 15.5. The van der Waals surface area contributed by atoms with E-state index in [0.29, 0.717) is 0 Å². The molecule has 0 aliphatic heterocycles. The van der Waals surface area contributed by atoms with Crippen molar-refractivity contribution in [3.05, 3.63) is 35.4 Å². The number of rotatable bonds is 4. The Morgan fingerprint density at radius 2 is 1.79 bits per heavy atom. The standard InChI is InChI=1S/C13H16F3NO2/c1-8(2)11(7-18)17-12(19)9-3-5-10(6-4-9)13(14,15)16/h3-6,8,11,18H,7H2,1-2H3,(H,17,19). The molecule has 0 saturated carbocycles. The van der Waals surface area contributed by atoms with Crippen LogP contribution in [0.5, 0.6) is 0 Å². The highest BCUT2D eigenvalue weighted by Crippen LogP contribution is 2.29. The topological polar surface area (TPSA) is 49.3 Å². The summed E-state index contributed by atoms with van der Waals surface area (Å²) in [5, 5.41) is 11.6. The quantitative estimate of drug-likeness (QED) is 0.886. The first-order valence-electron chi connectivity index (χ1n) is 5.84. The number of amides is 1. The molecule has 1 unspecified atom stereocenters. The molecule has 0 aromatic heterocycles. The van der Waals surface area contributed by atoms with E-state index in [1.54, 1.807) is 0 Å². The second-order valence-corrected chi connectivity index (χ2v) is 4.58. The van der Waals surface area contributed by atoms with E-state index in [1.807, 2.05) is 13.8 Å². The Hall–Kier alpha value is -1.56. The van der Waals surface area contributed by atoms with Crippen molar-refractivity contribution in [2.75, 3.05) is 6.61 Å². The van der Waals surface area contributed by atoms with Crippen molar-refractivity contribution >= 4 is 5.91 Å². The Morgan fingerprint density at radius 3 is 2.16 bits per heavy atom. The predicted molar refractivity (Wildman–Crippen MR) is 64.6 cm³/mol. The molecule has 3 nitrogen and oxygen atoms in total. The number of halogens is 3. The lowest BCUT2D eigenvalue weighted by atomic mass is 10.0. The van der Waals surface area contributed by atoms with Gasteiger partial charge in [0, 0.05) is 5.56 Å². The number of benzene rings is 1. The van der Waals surface area contributed by atoms with Gasteiger partial charge in [-0.1, -0.05) is 13.8 Å². The molecule has 106 valence electrons. The van der Waals surface area contributed by atoms with Gasteiger partial charge in [-0.15, -0.1) is 0 Å². The summed E-state index contributed by atoms with van der Waals surface area (Å²) >= 11 is 0. The Labute approximate surface area is 109 Å². The molecule has 6 heteroatoms. The summed E-state index contributed by atoms with van der Waals surface area (Å²) in [4.78, 5) is 11.8. The van der Waals surface area contributed by atoms with E-state index in [4.69, 9.17) is 5.11 Å². The third-order valence-electron chi connectivity index (χ3n) is 2.79. The monoisotopic (exact) mass is 275 g/mol. The van der Waals surface area contributed by atoms with E-state index in [1.165, 1.54) is 0 Å². The van der Waals surface area contributed by atoms with Crippen molar-refractivity contribution in [1.29, 1.82) is 0 Å². The van der Waals surface area contributed by atoms with Gasteiger partial charge in [-0.3, -0.25) is 4.79 Å². The molecule has 1 rings (SSSR count). The molecule has 1 amide bonds. The van der Waals surface area contributed by atoms with E-state index in [0.717, 1.165) is 24.3 Å². The van der Waals surface area contributed by atoms with Gasteiger partial charge in [-0.2, -0.15) is 13.2 Å². The smallest absolute Gasteiger partial charge is 0.394 e. The number of aliphatic hydroxyl groups excluding tert-OH is 1. The van der Waals surface area contributed by atoms with E-state index in [2.05, 4.69) is 5.32 Å². The minimum Gasteiger partial charge on any atom is -0.394 e. The Balaban J connectivity index is 2.78. The molecule has 0 bridgehead atoms. The summed E-state index contributed by atoms with van der Waals surface area (Å²) in [5.74, 6) is -0.468. The lowest BCUT2D eigenvalue weighted by molar-refractivity contribution is -0.137. The second kappa shape index (κ2) is 6.06. The molecule has 0 fully saturated rings. The first-order chi connectivity index (χ1) is 8.75. The van der Waals surface area contributed by atoms with Crippen molar-refractivity contribution < 1.29 is 23.1 Å². The van der Waals surface area contributed by atoms with Gasteiger partial charge in [0.25, 0.3) is 5.91 Å². The van der Waals surface area contributed by atoms with Crippen LogP contribution >= 0.6 is 0 Å². The fraction of sp³-hybridized carbons (Fsp3) is 0.462. The van der Waals surface area contributed by atoms with Gasteiger partial charge in [-0.25, -0.2) is 0 Å². The molecule has 0 heterocycles. The molecule has 1 aromatic rings. The van der Waals surface area contributed by atoms with Crippen molar-refractivity contribution in [2.45, 2.75) is 26.1 Å². The van der Waals surface area contributed by atoms with Crippen LogP contribution in [-0.4, -0.2) is 23.7 Å². The number of aliphatic hydroxyl groups is 1. The van der Waals surface area contributed by atoms with Crippen molar-refractivity contribution in [3.63, 3.8) is 0 Å². The Kier molecular flexibility index (Phi) is 4.94. The highest BCUT2D eigenvalue weighted by Gasteiger charge is 2.30. The third-order valence-corrected chi connectivity index (χ3v) is 2.79. The van der Waals surface area contributed by atoms with Gasteiger partial charge in [0.1, 0.15) is 0 Å². The maximum Gasteiger partial charge on any atom is 0.416 e. The van der Waals surface area contributed by atoms with Crippen molar-refractivity contribution in [1.82, 2.24) is 5.32 Å². The fourth-order valence-corrected chi connectivity index (χ4v) is 1.49. The van der Waals surface area contributed by atoms with Crippen LogP contribution < -0.4 is 5.32 Å². The minimum absolute atomic E-state index is 0.0309. The lowest BCUT2D eigenvalue weighted by Gasteiger charge is -2.20. The number of carbonyl (C=O) groups excluding carboxylic acids is 1. The summed E-state index contributed by atoms with van der Waals surface area (Å²) < 4.78 is 37.1. The minimum atomic E-state index is -4.42. The van der Waals surface area contributed by atoms with Gasteiger partial charge in [0.2, 0.25) is 0 Å². The molecule has 2 N–H and O–H groups in total. The van der Waals surface area contributed by atoms with Crippen LogP contribution in [0.25, 0.3) is 0 Å². The second-order valence-electron chi connectivity index (χ2n) is 4.58. The lowest BCUT2D eigenvalue weighted by Crippen LogP contribution is -2.41. The van der Waals surface area contributed by atoms with Crippen LogP contribution in [-0.2, 0) is 6.18 Å². The van der Waals surface area contributed by atoms with Crippen LogP contribution in [0.3, 0.4) is 0 Å². The van der Waals surface area contributed by atoms with E-state index >= 15 is 0 Å². The molecular formula is C13H16F3NO2. The molecular weight excluding hydrogens is 259 g/mol. The summed E-state index contributed by atoms with van der Waals surface area (Å²) in [6.07, 6.45) is -4.42. The number of hydrogen-bond donors (Lipinski definition) is 2. The van der Waals surface area contributed by atoms with Gasteiger partial charge in [0.05, 0.1) is 18.2 Å². The van der Waals surface area contributed by atoms with Crippen LogP contribution in [0, 0.1) is 5.92 Å². The average Bonchev–Trinajstić information content (AvgIpc) is 2.34. The Morgan fingerprint density at radius 1 is 1.26 bits per heavy atom. The normalized spacial score (nSPS) is 13.4. The molecule has 0 aliphatic carbocycles. The summed E-state index contributed by atoms with van der Waals surface area (Å²) in [7, 11) is 0. The van der Waals surface area contributed by atoms with Gasteiger partial charge in [-0.05, 0) is 30.2 Å². The van der Waals surface area contributed by atoms with Gasteiger partial charge in [0.15, 0.2) is 0 Å². The molecule has 1 aromatic carbocycles. The van der Waals surface area contributed by atoms with Crippen LogP contribution in [0.4, 0.5) is 13.2 Å². The summed E-state index contributed by atoms with van der Waals surface area (Å²) in [6, 6.07) is 3.53. The van der Waals surface area contributed by atoms with Crippen LogP contribution in [0.2, 0.25) is 0 Å². The zero-order chi connectivity index (χ0) is 14.6. The van der Waals surface area contributed by atoms with E-state index in [-0.39, 0.29) is 18.1 Å². The molecule has 0 radical (unpaired) electrons. The molecule has 1 atom stereocenters. The Bertz CT molecular complexity index is 427. The summed E-state index contributed by atoms with van der Waals surface area (Å²) in [6.45, 7) is 3.44. The predicted octanol–water partition coefficient (Wildman–Crippen LogP) is 2.45. The number of carbonyl (C=O) groups is 1. The fourth-order valence-electron chi connectivity index (χ4n) is 1.49. The summed E-state index contributed by atoms with van der Waals surface area (Å²) in [5.41, 5.74) is -0.668. The molecule has 19 heavy (non-hydrogen) atoms. The van der Waals surface area contributed by atoms with Crippen LogP contribution in [0.1, 0.15) is 29.8 Å². The maximum absolute atomic E-state index is 12.4. The molecule has 0 spiro atoms. The third kappa shape index (κ3) is 4.24. The number of hydrogen-bond acceptors (Lipinski definition) is 2. The maximum atomic E-state index is 12.4. The van der Waals surface area contributed by atoms with Crippen molar-refractivity contribution in [3.8, 4) is 0 Å².